The fraction of sp³-hybridized carbons (Fsp3) is 0.905. The Labute approximate surface area is 169 Å². The van der Waals surface area contributed by atoms with Crippen LogP contribution in [-0.2, 0) is 9.53 Å². The number of nitrogens with zero attached hydrogens (tertiary/aromatic N) is 4. The molecule has 0 N–H and O–H groups in total. The molecule has 160 valence electrons. The van der Waals surface area contributed by atoms with E-state index in [0.29, 0.717) is 19.6 Å². The smallest absolute Gasteiger partial charge is 0.410 e. The summed E-state index contributed by atoms with van der Waals surface area (Å²) in [6.07, 6.45) is 5.98. The van der Waals surface area contributed by atoms with Crippen molar-refractivity contribution in [3.05, 3.63) is 0 Å². The maximum Gasteiger partial charge on any atom is 0.410 e. The van der Waals surface area contributed by atoms with Crippen molar-refractivity contribution in [1.29, 1.82) is 0 Å². The molecule has 3 aliphatic rings. The van der Waals surface area contributed by atoms with E-state index in [1.54, 1.807) is 0 Å². The number of carbonyl (C=O) groups is 2. The molecule has 1 atom stereocenters. The van der Waals surface area contributed by atoms with Gasteiger partial charge in [0.25, 0.3) is 0 Å². The van der Waals surface area contributed by atoms with Crippen LogP contribution in [0.3, 0.4) is 0 Å². The summed E-state index contributed by atoms with van der Waals surface area (Å²) in [5.41, 5.74) is -0.379. The van der Waals surface area contributed by atoms with Crippen LogP contribution in [0.2, 0.25) is 0 Å². The second-order valence-corrected chi connectivity index (χ2v) is 8.87. The largest absolute Gasteiger partial charge is 0.441 e. The van der Waals surface area contributed by atoms with Gasteiger partial charge in [-0.05, 0) is 20.4 Å². The first-order chi connectivity index (χ1) is 13.4. The van der Waals surface area contributed by atoms with E-state index in [9.17, 15) is 9.59 Å². The van der Waals surface area contributed by atoms with Crippen LogP contribution < -0.4 is 0 Å². The lowest BCUT2D eigenvalue weighted by molar-refractivity contribution is -0.140. The summed E-state index contributed by atoms with van der Waals surface area (Å²) in [5.74, 6) is 0.222. The standard InChI is InChI=1S/C21H38N4O3/c1-4-5-6-7-10-25-17-21(28-20(25)27)8-11-24(12-9-21)19(26)18(2)23-15-13-22(3)14-16-23/h18H,4-17H2,1-3H3/t18-/m0/s1. The van der Waals surface area contributed by atoms with Crippen LogP contribution in [0.4, 0.5) is 4.79 Å². The zero-order chi connectivity index (χ0) is 20.1. The quantitative estimate of drug-likeness (QED) is 0.619. The number of rotatable bonds is 7. The lowest BCUT2D eigenvalue weighted by Gasteiger charge is -2.41. The highest BCUT2D eigenvalue weighted by molar-refractivity contribution is 5.81. The third-order valence-electron chi connectivity index (χ3n) is 6.75. The second kappa shape index (κ2) is 9.44. The maximum absolute atomic E-state index is 13.0. The minimum absolute atomic E-state index is 0.0658. The number of amides is 2. The third kappa shape index (κ3) is 4.98. The molecular formula is C21H38N4O3. The van der Waals surface area contributed by atoms with Crippen molar-refractivity contribution in [2.24, 2.45) is 0 Å². The summed E-state index contributed by atoms with van der Waals surface area (Å²) < 4.78 is 5.81. The second-order valence-electron chi connectivity index (χ2n) is 8.87. The molecule has 0 radical (unpaired) electrons. The molecule has 0 bridgehead atoms. The monoisotopic (exact) mass is 394 g/mol. The molecule has 2 amide bonds. The molecule has 0 aromatic carbocycles. The summed E-state index contributed by atoms with van der Waals surface area (Å²) in [7, 11) is 2.13. The summed E-state index contributed by atoms with van der Waals surface area (Å²) in [6.45, 7) is 11.0. The fourth-order valence-electron chi connectivity index (χ4n) is 4.62. The molecule has 3 fully saturated rings. The topological polar surface area (TPSA) is 56.3 Å². The number of likely N-dealkylation sites (N-methyl/N-ethyl adjacent to an activating group) is 1. The summed E-state index contributed by atoms with van der Waals surface area (Å²) in [6, 6.07) is -0.0658. The Kier molecular flexibility index (Phi) is 7.20. The van der Waals surface area contributed by atoms with Gasteiger partial charge in [0, 0.05) is 58.7 Å². The zero-order valence-corrected chi connectivity index (χ0v) is 18.0. The van der Waals surface area contributed by atoms with E-state index in [-0.39, 0.29) is 23.6 Å². The van der Waals surface area contributed by atoms with E-state index in [1.807, 2.05) is 16.7 Å². The van der Waals surface area contributed by atoms with Crippen molar-refractivity contribution in [1.82, 2.24) is 19.6 Å². The first kappa shape index (κ1) is 21.4. The van der Waals surface area contributed by atoms with Crippen LogP contribution in [0.1, 0.15) is 52.4 Å². The number of piperidine rings is 1. The van der Waals surface area contributed by atoms with Gasteiger partial charge >= 0.3 is 6.09 Å². The lowest BCUT2D eigenvalue weighted by Crippen LogP contribution is -2.56. The van der Waals surface area contributed by atoms with Crippen LogP contribution in [0.15, 0.2) is 0 Å². The van der Waals surface area contributed by atoms with Gasteiger partial charge in [0.2, 0.25) is 5.91 Å². The number of carbonyl (C=O) groups excluding carboxylic acids is 2. The van der Waals surface area contributed by atoms with E-state index in [1.165, 1.54) is 19.3 Å². The van der Waals surface area contributed by atoms with Crippen LogP contribution in [0, 0.1) is 0 Å². The number of hydrogen-bond donors (Lipinski definition) is 0. The van der Waals surface area contributed by atoms with Gasteiger partial charge in [-0.25, -0.2) is 4.79 Å². The number of ether oxygens (including phenoxy) is 1. The maximum atomic E-state index is 13.0. The number of piperazine rings is 1. The van der Waals surface area contributed by atoms with Gasteiger partial charge in [0.15, 0.2) is 0 Å². The number of hydrogen-bond acceptors (Lipinski definition) is 5. The van der Waals surface area contributed by atoms with Gasteiger partial charge in [-0.3, -0.25) is 9.69 Å². The molecule has 3 aliphatic heterocycles. The molecule has 0 aliphatic carbocycles. The Morgan fingerprint density at radius 3 is 2.39 bits per heavy atom. The summed E-state index contributed by atoms with van der Waals surface area (Å²) >= 11 is 0. The molecular weight excluding hydrogens is 356 g/mol. The van der Waals surface area contributed by atoms with Crippen LogP contribution in [-0.4, -0.2) is 103 Å². The van der Waals surface area contributed by atoms with Crippen LogP contribution in [0.25, 0.3) is 0 Å². The van der Waals surface area contributed by atoms with E-state index in [0.717, 1.165) is 52.0 Å². The van der Waals surface area contributed by atoms with E-state index in [4.69, 9.17) is 4.74 Å². The van der Waals surface area contributed by atoms with Crippen molar-refractivity contribution in [3.63, 3.8) is 0 Å². The van der Waals surface area contributed by atoms with Crippen molar-refractivity contribution >= 4 is 12.0 Å². The van der Waals surface area contributed by atoms with Crippen molar-refractivity contribution < 1.29 is 14.3 Å². The summed E-state index contributed by atoms with van der Waals surface area (Å²) in [4.78, 5) is 33.7. The van der Waals surface area contributed by atoms with E-state index in [2.05, 4.69) is 23.8 Å². The predicted octanol–water partition coefficient (Wildman–Crippen LogP) is 2.02. The molecule has 0 aromatic heterocycles. The lowest BCUT2D eigenvalue weighted by atomic mass is 9.91. The minimum atomic E-state index is -0.379. The highest BCUT2D eigenvalue weighted by atomic mass is 16.6. The molecule has 3 rings (SSSR count). The molecule has 3 heterocycles. The zero-order valence-electron chi connectivity index (χ0n) is 18.0. The first-order valence-electron chi connectivity index (χ1n) is 11.1. The molecule has 28 heavy (non-hydrogen) atoms. The third-order valence-corrected chi connectivity index (χ3v) is 6.75. The van der Waals surface area contributed by atoms with Gasteiger partial charge in [0.05, 0.1) is 12.6 Å². The Morgan fingerprint density at radius 1 is 1.07 bits per heavy atom. The fourth-order valence-corrected chi connectivity index (χ4v) is 4.62. The van der Waals surface area contributed by atoms with Crippen LogP contribution >= 0.6 is 0 Å². The molecule has 7 heteroatoms. The van der Waals surface area contributed by atoms with Crippen LogP contribution in [0.5, 0.6) is 0 Å². The molecule has 7 nitrogen and oxygen atoms in total. The minimum Gasteiger partial charge on any atom is -0.441 e. The number of unbranched alkanes of at least 4 members (excludes halogenated alkanes) is 3. The Balaban J connectivity index is 1.46. The average molecular weight is 395 g/mol. The van der Waals surface area contributed by atoms with Gasteiger partial charge in [-0.2, -0.15) is 0 Å². The van der Waals surface area contributed by atoms with E-state index >= 15 is 0 Å². The van der Waals surface area contributed by atoms with Gasteiger partial charge in [0.1, 0.15) is 5.60 Å². The molecule has 3 saturated heterocycles. The normalized spacial score (nSPS) is 24.6. The predicted molar refractivity (Wildman–Crippen MR) is 109 cm³/mol. The SMILES string of the molecule is CCCCCCN1CC2(CCN(C(=O)[C@H](C)N3CCN(C)CC3)CC2)OC1=O. The Bertz CT molecular complexity index is 540. The molecule has 0 saturated carbocycles. The molecule has 1 spiro atoms. The average Bonchev–Trinajstić information content (AvgIpc) is 3.00. The Morgan fingerprint density at radius 2 is 1.75 bits per heavy atom. The highest BCUT2D eigenvalue weighted by Crippen LogP contribution is 2.33. The van der Waals surface area contributed by atoms with Crippen molar-refractivity contribution in [2.75, 3.05) is 59.4 Å². The van der Waals surface area contributed by atoms with Crippen molar-refractivity contribution in [2.45, 2.75) is 64.0 Å². The highest BCUT2D eigenvalue weighted by Gasteiger charge is 2.47. The first-order valence-corrected chi connectivity index (χ1v) is 11.1. The van der Waals surface area contributed by atoms with Gasteiger partial charge in [-0.15, -0.1) is 0 Å². The van der Waals surface area contributed by atoms with Gasteiger partial charge in [-0.1, -0.05) is 26.2 Å². The molecule has 0 unspecified atom stereocenters. The van der Waals surface area contributed by atoms with Crippen molar-refractivity contribution in [3.8, 4) is 0 Å². The number of likely N-dealkylation sites (tertiary alicyclic amines) is 1. The Hall–Kier alpha value is -1.34. The molecule has 0 aromatic rings. The van der Waals surface area contributed by atoms with Gasteiger partial charge < -0.3 is 19.4 Å². The van der Waals surface area contributed by atoms with E-state index < -0.39 is 0 Å². The summed E-state index contributed by atoms with van der Waals surface area (Å²) in [5, 5.41) is 0.